The van der Waals surface area contributed by atoms with E-state index in [1.54, 1.807) is 23.9 Å². The molecule has 0 aromatic heterocycles. The Balaban J connectivity index is 1.98. The minimum atomic E-state index is -0.296. The molecule has 4 heteroatoms. The summed E-state index contributed by atoms with van der Waals surface area (Å²) >= 11 is 1.68. The molecular weight excluding hydrogens is 283 g/mol. The van der Waals surface area contributed by atoms with E-state index in [9.17, 15) is 4.39 Å². The third-order valence-electron chi connectivity index (χ3n) is 3.17. The van der Waals surface area contributed by atoms with Gasteiger partial charge in [0, 0.05) is 17.1 Å². The van der Waals surface area contributed by atoms with Crippen molar-refractivity contribution in [3.63, 3.8) is 0 Å². The maximum absolute atomic E-state index is 13.9. The zero-order valence-electron chi connectivity index (χ0n) is 12.2. The molecule has 2 aromatic carbocycles. The maximum atomic E-state index is 13.9. The third-order valence-corrected chi connectivity index (χ3v) is 4.22. The Morgan fingerprint density at radius 2 is 1.76 bits per heavy atom. The number of nitrogens with two attached hydrogens (primary N) is 1. The summed E-state index contributed by atoms with van der Waals surface area (Å²) in [6.07, 6.45) is 0. The van der Waals surface area contributed by atoms with Gasteiger partial charge in [-0.1, -0.05) is 41.5 Å². The lowest BCUT2D eigenvalue weighted by Gasteiger charge is -2.07. The number of amidine groups is 1. The van der Waals surface area contributed by atoms with Gasteiger partial charge in [-0.25, -0.2) is 4.39 Å². The number of hydrogen-bond donors (Lipinski definition) is 2. The first kappa shape index (κ1) is 15.6. The van der Waals surface area contributed by atoms with Gasteiger partial charge in [-0.3, -0.25) is 5.41 Å². The van der Waals surface area contributed by atoms with Crippen molar-refractivity contribution in [2.45, 2.75) is 25.4 Å². The Kier molecular flexibility index (Phi) is 5.02. The molecule has 110 valence electrons. The summed E-state index contributed by atoms with van der Waals surface area (Å²) in [6, 6.07) is 11.2. The predicted octanol–water partition coefficient (Wildman–Crippen LogP) is 4.16. The summed E-state index contributed by atoms with van der Waals surface area (Å²) < 4.78 is 13.9. The molecule has 0 fully saturated rings. The first-order valence-corrected chi connectivity index (χ1v) is 7.89. The maximum Gasteiger partial charge on any atom is 0.127 e. The SMILES string of the molecule is Cc1cc(C)cc(CSCc2ccc(C(=N)N)cc2F)c1. The van der Waals surface area contributed by atoms with Crippen LogP contribution in [0.5, 0.6) is 0 Å². The van der Waals surface area contributed by atoms with Crippen molar-refractivity contribution in [1.82, 2.24) is 0 Å². The molecule has 0 amide bonds. The van der Waals surface area contributed by atoms with Gasteiger partial charge >= 0.3 is 0 Å². The number of thioether (sulfide) groups is 1. The summed E-state index contributed by atoms with van der Waals surface area (Å²) in [7, 11) is 0. The van der Waals surface area contributed by atoms with Crippen LogP contribution in [0.15, 0.2) is 36.4 Å². The summed E-state index contributed by atoms with van der Waals surface area (Å²) in [5.41, 5.74) is 10.2. The Bertz CT molecular complexity index is 648. The summed E-state index contributed by atoms with van der Waals surface area (Å²) in [4.78, 5) is 0. The first-order chi connectivity index (χ1) is 9.95. The fraction of sp³-hybridized carbons (Fsp3) is 0.235. The lowest BCUT2D eigenvalue weighted by atomic mass is 10.1. The van der Waals surface area contributed by atoms with Crippen LogP contribution >= 0.6 is 11.8 Å². The number of nitrogen functional groups attached to an aromatic ring is 1. The normalized spacial score (nSPS) is 10.6. The molecule has 0 saturated carbocycles. The van der Waals surface area contributed by atoms with Crippen LogP contribution in [0.1, 0.15) is 27.8 Å². The fourth-order valence-electron chi connectivity index (χ4n) is 2.26. The lowest BCUT2D eigenvalue weighted by molar-refractivity contribution is 0.617. The molecule has 0 spiro atoms. The third kappa shape index (κ3) is 4.33. The Morgan fingerprint density at radius 3 is 2.33 bits per heavy atom. The average Bonchev–Trinajstić information content (AvgIpc) is 2.39. The van der Waals surface area contributed by atoms with Crippen molar-refractivity contribution in [1.29, 1.82) is 5.41 Å². The van der Waals surface area contributed by atoms with Gasteiger partial charge in [0.25, 0.3) is 0 Å². The molecule has 0 unspecified atom stereocenters. The number of halogens is 1. The number of aryl methyl sites for hydroxylation is 2. The molecule has 0 saturated heterocycles. The van der Waals surface area contributed by atoms with E-state index in [4.69, 9.17) is 11.1 Å². The van der Waals surface area contributed by atoms with Gasteiger partial charge < -0.3 is 5.73 Å². The van der Waals surface area contributed by atoms with Crippen molar-refractivity contribution >= 4 is 17.6 Å². The Hall–Kier alpha value is -1.81. The minimum Gasteiger partial charge on any atom is -0.384 e. The molecular formula is C17H19FN2S. The van der Waals surface area contributed by atoms with Crippen molar-refractivity contribution in [2.75, 3.05) is 0 Å². The van der Waals surface area contributed by atoms with Crippen LogP contribution in [0.25, 0.3) is 0 Å². The van der Waals surface area contributed by atoms with Crippen molar-refractivity contribution in [3.05, 3.63) is 70.0 Å². The van der Waals surface area contributed by atoms with Gasteiger partial charge in [0.1, 0.15) is 11.7 Å². The molecule has 2 nitrogen and oxygen atoms in total. The van der Waals surface area contributed by atoms with Gasteiger partial charge in [-0.2, -0.15) is 11.8 Å². The lowest BCUT2D eigenvalue weighted by Crippen LogP contribution is -2.11. The molecule has 0 radical (unpaired) electrons. The number of hydrogen-bond acceptors (Lipinski definition) is 2. The van der Waals surface area contributed by atoms with Gasteiger partial charge in [0.15, 0.2) is 0 Å². The second kappa shape index (κ2) is 6.76. The van der Waals surface area contributed by atoms with E-state index < -0.39 is 0 Å². The van der Waals surface area contributed by atoms with E-state index in [1.807, 2.05) is 0 Å². The predicted molar refractivity (Wildman–Crippen MR) is 88.3 cm³/mol. The second-order valence-corrected chi connectivity index (χ2v) is 6.19. The summed E-state index contributed by atoms with van der Waals surface area (Å²) in [6.45, 7) is 4.17. The van der Waals surface area contributed by atoms with Gasteiger partial charge in [-0.05, 0) is 31.0 Å². The molecule has 0 aliphatic heterocycles. The molecule has 0 bridgehead atoms. The van der Waals surface area contributed by atoms with Gasteiger partial charge in [0.2, 0.25) is 0 Å². The Labute approximate surface area is 129 Å². The minimum absolute atomic E-state index is 0.108. The van der Waals surface area contributed by atoms with Gasteiger partial charge in [-0.15, -0.1) is 0 Å². The molecule has 0 aliphatic carbocycles. The first-order valence-electron chi connectivity index (χ1n) is 6.73. The monoisotopic (exact) mass is 302 g/mol. The average molecular weight is 302 g/mol. The molecule has 0 atom stereocenters. The number of nitrogens with one attached hydrogen (secondary N) is 1. The van der Waals surface area contributed by atoms with Crippen LogP contribution < -0.4 is 5.73 Å². The molecule has 2 rings (SSSR count). The smallest absolute Gasteiger partial charge is 0.127 e. The second-order valence-electron chi connectivity index (χ2n) is 5.21. The van der Waals surface area contributed by atoms with Crippen LogP contribution in [0.2, 0.25) is 0 Å². The zero-order chi connectivity index (χ0) is 15.4. The van der Waals surface area contributed by atoms with Crippen LogP contribution in [0.4, 0.5) is 4.39 Å². The molecule has 0 heterocycles. The van der Waals surface area contributed by atoms with Crippen LogP contribution in [0, 0.1) is 25.1 Å². The quantitative estimate of drug-likeness (QED) is 0.643. The zero-order valence-corrected chi connectivity index (χ0v) is 13.1. The van der Waals surface area contributed by atoms with E-state index in [1.165, 1.54) is 22.8 Å². The highest BCUT2D eigenvalue weighted by Gasteiger charge is 2.06. The Morgan fingerprint density at radius 1 is 1.10 bits per heavy atom. The molecule has 2 aromatic rings. The summed E-state index contributed by atoms with van der Waals surface area (Å²) in [5.74, 6) is 1.06. The fourth-order valence-corrected chi connectivity index (χ4v) is 3.22. The van der Waals surface area contributed by atoms with E-state index in [0.29, 0.717) is 16.9 Å². The van der Waals surface area contributed by atoms with E-state index in [2.05, 4.69) is 32.0 Å². The molecule has 0 aliphatic rings. The van der Waals surface area contributed by atoms with Crippen LogP contribution in [-0.4, -0.2) is 5.84 Å². The van der Waals surface area contributed by atoms with Gasteiger partial charge in [0.05, 0.1) is 0 Å². The van der Waals surface area contributed by atoms with E-state index >= 15 is 0 Å². The highest BCUT2D eigenvalue weighted by molar-refractivity contribution is 7.97. The van der Waals surface area contributed by atoms with Crippen LogP contribution in [-0.2, 0) is 11.5 Å². The topological polar surface area (TPSA) is 49.9 Å². The molecule has 21 heavy (non-hydrogen) atoms. The number of benzene rings is 2. The largest absolute Gasteiger partial charge is 0.384 e. The molecule has 3 N–H and O–H groups in total. The highest BCUT2D eigenvalue weighted by atomic mass is 32.2. The van der Waals surface area contributed by atoms with Crippen molar-refractivity contribution in [3.8, 4) is 0 Å². The van der Waals surface area contributed by atoms with Crippen molar-refractivity contribution < 1.29 is 4.39 Å². The summed E-state index contributed by atoms with van der Waals surface area (Å²) in [5, 5.41) is 7.30. The van der Waals surface area contributed by atoms with E-state index in [-0.39, 0.29) is 11.7 Å². The standard InChI is InChI=1S/C17H19FN2S/c1-11-5-12(2)7-13(6-11)9-21-10-15-4-3-14(17(19)20)8-16(15)18/h3-8H,9-10H2,1-2H3,(H3,19,20). The number of rotatable bonds is 5. The highest BCUT2D eigenvalue weighted by Crippen LogP contribution is 2.22. The van der Waals surface area contributed by atoms with E-state index in [0.717, 1.165) is 5.75 Å². The van der Waals surface area contributed by atoms with Crippen molar-refractivity contribution in [2.24, 2.45) is 5.73 Å². The van der Waals surface area contributed by atoms with Crippen LogP contribution in [0.3, 0.4) is 0 Å².